The third kappa shape index (κ3) is 2.66. The summed E-state index contributed by atoms with van der Waals surface area (Å²) in [5.41, 5.74) is 0.290. The Bertz CT molecular complexity index is 413. The molecule has 7 nitrogen and oxygen atoms in total. The summed E-state index contributed by atoms with van der Waals surface area (Å²) in [6.45, 7) is 0.936. The van der Waals surface area contributed by atoms with Crippen molar-refractivity contribution in [1.29, 1.82) is 0 Å². The summed E-state index contributed by atoms with van der Waals surface area (Å²) in [5.74, 6) is -1.66. The summed E-state index contributed by atoms with van der Waals surface area (Å²) in [7, 11) is 0. The lowest BCUT2D eigenvalue weighted by atomic mass is 10.1. The molecule has 7 heteroatoms. The van der Waals surface area contributed by atoms with Gasteiger partial charge in [-0.1, -0.05) is 0 Å². The van der Waals surface area contributed by atoms with E-state index in [2.05, 4.69) is 5.10 Å². The number of nitrogens with zero attached hydrogens (tertiary/aromatic N) is 3. The van der Waals surface area contributed by atoms with E-state index in [-0.39, 0.29) is 23.9 Å². The van der Waals surface area contributed by atoms with E-state index in [4.69, 9.17) is 5.11 Å². The molecule has 2 aliphatic heterocycles. The van der Waals surface area contributed by atoms with Crippen LogP contribution in [-0.4, -0.2) is 58.1 Å². The van der Waals surface area contributed by atoms with Gasteiger partial charge in [0.1, 0.15) is 12.3 Å². The van der Waals surface area contributed by atoms with Gasteiger partial charge in [-0.25, -0.2) is 5.01 Å². The van der Waals surface area contributed by atoms with Crippen LogP contribution in [0.15, 0.2) is 5.10 Å². The fourth-order valence-corrected chi connectivity index (χ4v) is 2.11. The molecule has 0 radical (unpaired) electrons. The molecule has 2 heterocycles. The maximum absolute atomic E-state index is 12.0. The number of carboxylic acids is 1. The molecule has 1 fully saturated rings. The van der Waals surface area contributed by atoms with Crippen LogP contribution >= 0.6 is 0 Å². The number of carboxylic acid groups (broad SMARTS) is 1. The van der Waals surface area contributed by atoms with Gasteiger partial charge in [-0.05, 0) is 12.8 Å². The van der Waals surface area contributed by atoms with E-state index >= 15 is 0 Å². The molecule has 0 atom stereocenters. The van der Waals surface area contributed by atoms with Crippen LogP contribution in [0.5, 0.6) is 0 Å². The largest absolute Gasteiger partial charge is 0.480 e. The number of likely N-dealkylation sites (tertiary alicyclic amines) is 1. The van der Waals surface area contributed by atoms with Gasteiger partial charge in [0.25, 0.3) is 5.91 Å². The van der Waals surface area contributed by atoms with Crippen molar-refractivity contribution < 1.29 is 19.5 Å². The van der Waals surface area contributed by atoms with Gasteiger partial charge in [-0.2, -0.15) is 5.10 Å². The van der Waals surface area contributed by atoms with Crippen molar-refractivity contribution in [2.24, 2.45) is 5.10 Å². The molecular formula is C11H15N3O4. The van der Waals surface area contributed by atoms with E-state index in [0.717, 1.165) is 17.9 Å². The average molecular weight is 253 g/mol. The molecule has 1 saturated heterocycles. The van der Waals surface area contributed by atoms with Gasteiger partial charge in [0.05, 0.1) is 0 Å². The minimum absolute atomic E-state index is 0.145. The second-order valence-corrected chi connectivity index (χ2v) is 4.39. The second-order valence-electron chi connectivity index (χ2n) is 4.39. The highest BCUT2D eigenvalue weighted by Crippen LogP contribution is 2.14. The van der Waals surface area contributed by atoms with Gasteiger partial charge in [0.15, 0.2) is 0 Å². The zero-order chi connectivity index (χ0) is 13.1. The van der Waals surface area contributed by atoms with Crippen LogP contribution in [0.3, 0.4) is 0 Å². The predicted molar refractivity (Wildman–Crippen MR) is 61.8 cm³/mol. The minimum Gasteiger partial charge on any atom is -0.480 e. The quantitative estimate of drug-likeness (QED) is 0.745. The highest BCUT2D eigenvalue weighted by molar-refractivity contribution is 6.39. The molecule has 1 N–H and O–H groups in total. The molecule has 0 spiro atoms. The predicted octanol–water partition coefficient (Wildman–Crippen LogP) is -0.328. The minimum atomic E-state index is -1.14. The van der Waals surface area contributed by atoms with Gasteiger partial charge in [-0.3, -0.25) is 14.4 Å². The Morgan fingerprint density at radius 3 is 2.50 bits per heavy atom. The molecule has 0 bridgehead atoms. The van der Waals surface area contributed by atoms with Crippen molar-refractivity contribution in [3.8, 4) is 0 Å². The third-order valence-electron chi connectivity index (χ3n) is 3.03. The van der Waals surface area contributed by atoms with Crippen LogP contribution in [0, 0.1) is 0 Å². The molecular weight excluding hydrogens is 238 g/mol. The number of amides is 2. The van der Waals surface area contributed by atoms with Crippen molar-refractivity contribution in [1.82, 2.24) is 9.91 Å². The highest BCUT2D eigenvalue weighted by atomic mass is 16.4. The third-order valence-corrected chi connectivity index (χ3v) is 3.03. The van der Waals surface area contributed by atoms with Gasteiger partial charge in [-0.15, -0.1) is 0 Å². The molecule has 2 rings (SSSR count). The first-order valence-corrected chi connectivity index (χ1v) is 5.97. The average Bonchev–Trinajstić information content (AvgIpc) is 2.84. The summed E-state index contributed by atoms with van der Waals surface area (Å²) in [6, 6.07) is 0. The smallest absolute Gasteiger partial charge is 0.325 e. The Kier molecular flexibility index (Phi) is 3.59. The van der Waals surface area contributed by atoms with Crippen LogP contribution in [0.25, 0.3) is 0 Å². The molecule has 98 valence electrons. The molecule has 0 aromatic heterocycles. The summed E-state index contributed by atoms with van der Waals surface area (Å²) in [4.78, 5) is 35.8. The van der Waals surface area contributed by atoms with Crippen LogP contribution < -0.4 is 0 Å². The van der Waals surface area contributed by atoms with E-state index < -0.39 is 12.5 Å². The van der Waals surface area contributed by atoms with E-state index in [9.17, 15) is 14.4 Å². The number of hydrogen-bond acceptors (Lipinski definition) is 4. The van der Waals surface area contributed by atoms with Gasteiger partial charge in [0.2, 0.25) is 5.91 Å². The number of carbonyl (C=O) groups is 3. The number of carbonyl (C=O) groups excluding carboxylic acids is 2. The van der Waals surface area contributed by atoms with E-state index in [1.165, 1.54) is 0 Å². The van der Waals surface area contributed by atoms with E-state index in [1.54, 1.807) is 4.90 Å². The lowest BCUT2D eigenvalue weighted by Crippen LogP contribution is -2.41. The van der Waals surface area contributed by atoms with Crippen LogP contribution in [0.2, 0.25) is 0 Å². The fraction of sp³-hybridized carbons (Fsp3) is 0.636. The molecule has 0 aliphatic carbocycles. The molecule has 2 aliphatic rings. The van der Waals surface area contributed by atoms with Crippen LogP contribution in [-0.2, 0) is 14.4 Å². The number of hydrazone groups is 1. The Morgan fingerprint density at radius 2 is 1.89 bits per heavy atom. The maximum atomic E-state index is 12.0. The summed E-state index contributed by atoms with van der Waals surface area (Å²) >= 11 is 0. The standard InChI is InChI=1S/C11H15N3O4/c15-9-4-3-8(12-14(9)7-10(16)17)11(18)13-5-1-2-6-13/h1-7H2,(H,16,17). The Hall–Kier alpha value is -1.92. The Balaban J connectivity index is 2.09. The van der Waals surface area contributed by atoms with Gasteiger partial charge < -0.3 is 10.0 Å². The number of rotatable bonds is 3. The van der Waals surface area contributed by atoms with Gasteiger partial charge >= 0.3 is 5.97 Å². The normalized spacial score (nSPS) is 20.0. The first kappa shape index (κ1) is 12.5. The summed E-state index contributed by atoms with van der Waals surface area (Å²) < 4.78 is 0. The second kappa shape index (κ2) is 5.16. The lowest BCUT2D eigenvalue weighted by molar-refractivity contribution is -0.145. The molecule has 0 saturated carbocycles. The fourth-order valence-electron chi connectivity index (χ4n) is 2.11. The van der Waals surface area contributed by atoms with Crippen molar-refractivity contribution in [3.05, 3.63) is 0 Å². The first-order valence-electron chi connectivity index (χ1n) is 5.97. The topological polar surface area (TPSA) is 90.3 Å². The highest BCUT2D eigenvalue weighted by Gasteiger charge is 2.29. The molecule has 0 unspecified atom stereocenters. The molecule has 2 amide bonds. The van der Waals surface area contributed by atoms with Crippen molar-refractivity contribution in [2.75, 3.05) is 19.6 Å². The van der Waals surface area contributed by atoms with E-state index in [0.29, 0.717) is 19.5 Å². The molecule has 0 aromatic carbocycles. The van der Waals surface area contributed by atoms with E-state index in [1.807, 2.05) is 0 Å². The molecule has 18 heavy (non-hydrogen) atoms. The molecule has 0 aromatic rings. The Labute approximate surface area is 104 Å². The van der Waals surface area contributed by atoms with Crippen molar-refractivity contribution in [2.45, 2.75) is 25.7 Å². The maximum Gasteiger partial charge on any atom is 0.325 e. The Morgan fingerprint density at radius 1 is 1.22 bits per heavy atom. The number of aliphatic carboxylic acids is 1. The van der Waals surface area contributed by atoms with Crippen molar-refractivity contribution >= 4 is 23.5 Å². The SMILES string of the molecule is O=C(O)CN1N=C(C(=O)N2CCCC2)CCC1=O. The first-order chi connectivity index (χ1) is 8.58. The monoisotopic (exact) mass is 253 g/mol. The van der Waals surface area contributed by atoms with Gasteiger partial charge in [0, 0.05) is 25.9 Å². The lowest BCUT2D eigenvalue weighted by Gasteiger charge is -2.24. The van der Waals surface area contributed by atoms with Crippen LogP contribution in [0.1, 0.15) is 25.7 Å². The number of hydrogen-bond donors (Lipinski definition) is 1. The van der Waals surface area contributed by atoms with Crippen molar-refractivity contribution in [3.63, 3.8) is 0 Å². The zero-order valence-electron chi connectivity index (χ0n) is 9.96. The summed E-state index contributed by atoms with van der Waals surface area (Å²) in [5, 5.41) is 13.4. The summed E-state index contributed by atoms with van der Waals surface area (Å²) in [6.07, 6.45) is 2.41. The zero-order valence-corrected chi connectivity index (χ0v) is 9.96. The van der Waals surface area contributed by atoms with Crippen LogP contribution in [0.4, 0.5) is 0 Å².